The van der Waals surface area contributed by atoms with Crippen molar-refractivity contribution in [3.8, 4) is 5.75 Å². The van der Waals surface area contributed by atoms with Gasteiger partial charge in [-0.05, 0) is 18.2 Å². The molecule has 2 N–H and O–H groups in total. The van der Waals surface area contributed by atoms with Crippen molar-refractivity contribution in [1.82, 2.24) is 0 Å². The van der Waals surface area contributed by atoms with E-state index >= 15 is 0 Å². The quantitative estimate of drug-likeness (QED) is 0.847. The Balaban J connectivity index is 2.18. The molecule has 1 aliphatic rings. The average Bonchev–Trinajstić information content (AvgIpc) is 2.54. The molecule has 0 spiro atoms. The molecule has 1 heterocycles. The summed E-state index contributed by atoms with van der Waals surface area (Å²) in [7, 11) is -3.31. The number of rotatable bonds is 3. The second-order valence-corrected chi connectivity index (χ2v) is 6.81. The lowest BCUT2D eigenvalue weighted by molar-refractivity contribution is 0.0693. The summed E-state index contributed by atoms with van der Waals surface area (Å²) in [5.41, 5.74) is -0.00283. The summed E-state index contributed by atoms with van der Waals surface area (Å²) < 4.78 is 28.0. The average molecular weight is 307 g/mol. The Kier molecular flexibility index (Phi) is 3.71. The van der Waals surface area contributed by atoms with Crippen LogP contribution in [0.15, 0.2) is 18.2 Å². The highest BCUT2D eigenvalue weighted by molar-refractivity contribution is 7.91. The Hall–Kier alpha value is -1.31. The molecular weight excluding hydrogens is 296 g/mol. The summed E-state index contributed by atoms with van der Waals surface area (Å²) in [5, 5.41) is 18.4. The van der Waals surface area contributed by atoms with E-state index in [-0.39, 0.29) is 27.8 Å². The van der Waals surface area contributed by atoms with E-state index in [2.05, 4.69) is 0 Å². The molecule has 0 amide bonds. The molecule has 0 aliphatic carbocycles. The van der Waals surface area contributed by atoms with E-state index in [1.165, 1.54) is 18.2 Å². The lowest BCUT2D eigenvalue weighted by Crippen LogP contribution is -2.29. The molecule has 1 aromatic carbocycles. The first-order valence-electron chi connectivity index (χ1n) is 5.36. The van der Waals surface area contributed by atoms with Crippen LogP contribution in [0.3, 0.4) is 0 Å². The molecule has 104 valence electrons. The third kappa shape index (κ3) is 3.17. The van der Waals surface area contributed by atoms with Crippen LogP contribution in [-0.4, -0.2) is 48.3 Å². The highest BCUT2D eigenvalue weighted by atomic mass is 35.5. The number of carbonyl (C=O) groups is 1. The Labute approximate surface area is 114 Å². The number of aliphatic hydroxyl groups is 1. The number of carboxylic acid groups (broad SMARTS) is 1. The SMILES string of the molecule is O=C(O)c1ccc(OC2CS(=O)(=O)CC2O)c(Cl)c1. The van der Waals surface area contributed by atoms with Gasteiger partial charge in [0.1, 0.15) is 18.0 Å². The van der Waals surface area contributed by atoms with Crippen molar-refractivity contribution >= 4 is 27.4 Å². The zero-order valence-electron chi connectivity index (χ0n) is 9.61. The van der Waals surface area contributed by atoms with Crippen LogP contribution in [-0.2, 0) is 9.84 Å². The zero-order chi connectivity index (χ0) is 14.2. The summed E-state index contributed by atoms with van der Waals surface area (Å²) in [6.07, 6.45) is -2.00. The standard InChI is InChI=1S/C11H11ClO6S/c12-7-3-6(11(14)15)1-2-9(7)18-10-5-19(16,17)4-8(10)13/h1-3,8,10,13H,4-5H2,(H,14,15). The second-order valence-electron chi connectivity index (χ2n) is 4.25. The number of hydrogen-bond acceptors (Lipinski definition) is 5. The molecule has 2 rings (SSSR count). The lowest BCUT2D eigenvalue weighted by atomic mass is 10.2. The minimum atomic E-state index is -3.31. The molecular formula is C11H11ClO6S. The van der Waals surface area contributed by atoms with Gasteiger partial charge in [-0.15, -0.1) is 0 Å². The number of ether oxygens (including phenoxy) is 1. The van der Waals surface area contributed by atoms with Gasteiger partial charge in [0, 0.05) is 0 Å². The Morgan fingerprint density at radius 3 is 2.53 bits per heavy atom. The van der Waals surface area contributed by atoms with Crippen LogP contribution in [0.2, 0.25) is 5.02 Å². The fourth-order valence-corrected chi connectivity index (χ4v) is 3.69. The highest BCUT2D eigenvalue weighted by Gasteiger charge is 2.38. The van der Waals surface area contributed by atoms with Crippen LogP contribution in [0, 0.1) is 0 Å². The minimum absolute atomic E-state index is 0.00283. The van der Waals surface area contributed by atoms with Crippen LogP contribution in [0.5, 0.6) is 5.75 Å². The molecule has 1 aliphatic heterocycles. The van der Waals surface area contributed by atoms with E-state index in [0.717, 1.165) is 0 Å². The van der Waals surface area contributed by atoms with Crippen LogP contribution in [0.1, 0.15) is 10.4 Å². The Morgan fingerprint density at radius 1 is 1.37 bits per heavy atom. The Morgan fingerprint density at radius 2 is 2.05 bits per heavy atom. The van der Waals surface area contributed by atoms with Crippen LogP contribution in [0.25, 0.3) is 0 Å². The van der Waals surface area contributed by atoms with Gasteiger partial charge in [0.2, 0.25) is 0 Å². The normalized spacial score (nSPS) is 25.2. The summed E-state index contributed by atoms with van der Waals surface area (Å²) >= 11 is 5.85. The number of halogens is 1. The zero-order valence-corrected chi connectivity index (χ0v) is 11.2. The van der Waals surface area contributed by atoms with Crippen molar-refractivity contribution in [2.24, 2.45) is 0 Å². The van der Waals surface area contributed by atoms with Gasteiger partial charge in [-0.25, -0.2) is 13.2 Å². The van der Waals surface area contributed by atoms with Gasteiger partial charge in [-0.1, -0.05) is 11.6 Å². The fourth-order valence-electron chi connectivity index (χ4n) is 1.80. The van der Waals surface area contributed by atoms with Crippen molar-refractivity contribution in [1.29, 1.82) is 0 Å². The third-order valence-electron chi connectivity index (χ3n) is 2.73. The van der Waals surface area contributed by atoms with Gasteiger partial charge < -0.3 is 14.9 Å². The molecule has 2 unspecified atom stereocenters. The largest absolute Gasteiger partial charge is 0.485 e. The third-order valence-corrected chi connectivity index (χ3v) is 4.71. The summed E-state index contributed by atoms with van der Waals surface area (Å²) in [6, 6.07) is 3.83. The first-order valence-corrected chi connectivity index (χ1v) is 7.56. The molecule has 1 fully saturated rings. The van der Waals surface area contributed by atoms with E-state index in [1.807, 2.05) is 0 Å². The maximum absolute atomic E-state index is 11.3. The van der Waals surface area contributed by atoms with Gasteiger partial charge in [-0.3, -0.25) is 0 Å². The molecule has 19 heavy (non-hydrogen) atoms. The first-order chi connectivity index (χ1) is 8.78. The maximum Gasteiger partial charge on any atom is 0.335 e. The minimum Gasteiger partial charge on any atom is -0.485 e. The predicted molar refractivity (Wildman–Crippen MR) is 67.5 cm³/mol. The van der Waals surface area contributed by atoms with E-state index < -0.39 is 28.0 Å². The fraction of sp³-hybridized carbons (Fsp3) is 0.364. The summed E-state index contributed by atoms with van der Waals surface area (Å²) in [4.78, 5) is 10.7. The summed E-state index contributed by atoms with van der Waals surface area (Å²) in [6.45, 7) is 0. The Bertz CT molecular complexity index is 612. The molecule has 0 radical (unpaired) electrons. The van der Waals surface area contributed by atoms with Crippen LogP contribution < -0.4 is 4.74 Å². The van der Waals surface area contributed by atoms with Crippen LogP contribution in [0.4, 0.5) is 0 Å². The molecule has 1 saturated heterocycles. The van der Waals surface area contributed by atoms with E-state index in [4.69, 9.17) is 21.4 Å². The van der Waals surface area contributed by atoms with Crippen molar-refractivity contribution < 1.29 is 28.2 Å². The number of hydrogen-bond donors (Lipinski definition) is 2. The van der Waals surface area contributed by atoms with Crippen LogP contribution >= 0.6 is 11.6 Å². The van der Waals surface area contributed by atoms with Crippen molar-refractivity contribution in [3.63, 3.8) is 0 Å². The maximum atomic E-state index is 11.3. The van der Waals surface area contributed by atoms with Gasteiger partial charge >= 0.3 is 5.97 Å². The number of carboxylic acids is 1. The van der Waals surface area contributed by atoms with E-state index in [1.54, 1.807) is 0 Å². The highest BCUT2D eigenvalue weighted by Crippen LogP contribution is 2.28. The van der Waals surface area contributed by atoms with Gasteiger partial charge in [0.05, 0.1) is 22.1 Å². The number of benzene rings is 1. The number of sulfone groups is 1. The van der Waals surface area contributed by atoms with Crippen molar-refractivity contribution in [3.05, 3.63) is 28.8 Å². The number of aromatic carboxylic acids is 1. The summed E-state index contributed by atoms with van der Waals surface area (Å²) in [5.74, 6) is -1.61. The number of aliphatic hydroxyl groups excluding tert-OH is 1. The van der Waals surface area contributed by atoms with Crippen molar-refractivity contribution in [2.75, 3.05) is 11.5 Å². The monoisotopic (exact) mass is 306 g/mol. The first kappa shape index (κ1) is 14.1. The molecule has 2 atom stereocenters. The van der Waals surface area contributed by atoms with E-state index in [0.29, 0.717) is 0 Å². The molecule has 1 aromatic rings. The van der Waals surface area contributed by atoms with Gasteiger partial charge in [-0.2, -0.15) is 0 Å². The lowest BCUT2D eigenvalue weighted by Gasteiger charge is -2.16. The van der Waals surface area contributed by atoms with Gasteiger partial charge in [0.25, 0.3) is 0 Å². The predicted octanol–water partition coefficient (Wildman–Crippen LogP) is 0.575. The molecule has 6 nitrogen and oxygen atoms in total. The van der Waals surface area contributed by atoms with Crippen molar-refractivity contribution in [2.45, 2.75) is 12.2 Å². The molecule has 0 aromatic heterocycles. The van der Waals surface area contributed by atoms with Gasteiger partial charge in [0.15, 0.2) is 9.84 Å². The van der Waals surface area contributed by atoms with E-state index in [9.17, 15) is 18.3 Å². The molecule has 0 saturated carbocycles. The molecule has 8 heteroatoms. The smallest absolute Gasteiger partial charge is 0.335 e. The molecule has 0 bridgehead atoms. The topological polar surface area (TPSA) is 101 Å². The second kappa shape index (κ2) is 4.99.